The topological polar surface area (TPSA) is 39.7 Å². The molecule has 1 N–H and O–H groups in total. The van der Waals surface area contributed by atoms with Crippen molar-refractivity contribution in [3.63, 3.8) is 0 Å². The molecule has 0 fully saturated rings. The molecule has 0 radical (unpaired) electrons. The van der Waals surface area contributed by atoms with Gasteiger partial charge in [-0.05, 0) is 31.0 Å². The molecule has 1 rings (SSSR count). The van der Waals surface area contributed by atoms with Gasteiger partial charge in [0, 0.05) is 12.6 Å². The van der Waals surface area contributed by atoms with E-state index in [4.69, 9.17) is 14.2 Å². The van der Waals surface area contributed by atoms with Crippen molar-refractivity contribution in [1.29, 1.82) is 0 Å². The summed E-state index contributed by atoms with van der Waals surface area (Å²) in [5.74, 6) is 1.50. The minimum absolute atomic E-state index is 0.234. The average molecular weight is 279 g/mol. The molecule has 0 aliphatic carbocycles. The molecule has 1 aromatic carbocycles. The van der Waals surface area contributed by atoms with Crippen LogP contribution in [0.5, 0.6) is 11.5 Å². The summed E-state index contributed by atoms with van der Waals surface area (Å²) in [6.07, 6.45) is 2.75. The quantitative estimate of drug-likeness (QED) is 0.528. The van der Waals surface area contributed by atoms with Gasteiger partial charge in [0.25, 0.3) is 0 Å². The zero-order valence-corrected chi connectivity index (χ0v) is 12.6. The smallest absolute Gasteiger partial charge is 0.161 e. The summed E-state index contributed by atoms with van der Waals surface area (Å²) in [7, 11) is 3.28. The largest absolute Gasteiger partial charge is 0.493 e. The van der Waals surface area contributed by atoms with Crippen LogP contribution < -0.4 is 14.8 Å². The molecule has 0 aliphatic rings. The maximum Gasteiger partial charge on any atom is 0.161 e. The number of hydrogen-bond donors (Lipinski definition) is 1. The van der Waals surface area contributed by atoms with Gasteiger partial charge in [-0.1, -0.05) is 12.1 Å². The molecule has 0 amide bonds. The lowest BCUT2D eigenvalue weighted by Gasteiger charge is -2.16. The summed E-state index contributed by atoms with van der Waals surface area (Å²) in [5, 5.41) is 3.42. The van der Waals surface area contributed by atoms with Gasteiger partial charge in [0.2, 0.25) is 0 Å². The summed E-state index contributed by atoms with van der Waals surface area (Å²) in [6.45, 7) is 8.02. The number of benzene rings is 1. The van der Waals surface area contributed by atoms with E-state index in [1.165, 1.54) is 0 Å². The molecule has 112 valence electrons. The van der Waals surface area contributed by atoms with E-state index < -0.39 is 0 Å². The van der Waals surface area contributed by atoms with E-state index in [9.17, 15) is 0 Å². The Bertz CT molecular complexity index is 407. The fourth-order valence-corrected chi connectivity index (χ4v) is 1.86. The average Bonchev–Trinajstić information content (AvgIpc) is 2.49. The third-order valence-corrected chi connectivity index (χ3v) is 3.07. The minimum Gasteiger partial charge on any atom is -0.493 e. The molecule has 0 saturated heterocycles. The Kier molecular flexibility index (Phi) is 7.77. The first kappa shape index (κ1) is 16.5. The van der Waals surface area contributed by atoms with Crippen molar-refractivity contribution in [3.8, 4) is 11.5 Å². The first-order chi connectivity index (χ1) is 9.72. The maximum absolute atomic E-state index is 5.46. The third kappa shape index (κ3) is 5.23. The van der Waals surface area contributed by atoms with Crippen molar-refractivity contribution in [3.05, 3.63) is 36.4 Å². The molecule has 20 heavy (non-hydrogen) atoms. The van der Waals surface area contributed by atoms with Crippen molar-refractivity contribution in [2.45, 2.75) is 19.4 Å². The molecule has 0 aromatic heterocycles. The highest BCUT2D eigenvalue weighted by molar-refractivity contribution is 5.43. The van der Waals surface area contributed by atoms with E-state index in [0.717, 1.165) is 36.6 Å². The van der Waals surface area contributed by atoms with E-state index in [1.54, 1.807) is 14.2 Å². The van der Waals surface area contributed by atoms with Crippen molar-refractivity contribution in [2.24, 2.45) is 0 Å². The SMILES string of the molecule is C=CCCOCCNC(C)c1ccc(OC)c(OC)c1. The van der Waals surface area contributed by atoms with Crippen molar-refractivity contribution in [2.75, 3.05) is 34.0 Å². The number of methoxy groups -OCH3 is 2. The van der Waals surface area contributed by atoms with Gasteiger partial charge < -0.3 is 19.5 Å². The zero-order valence-electron chi connectivity index (χ0n) is 12.6. The fraction of sp³-hybridized carbons (Fsp3) is 0.500. The van der Waals surface area contributed by atoms with Gasteiger partial charge in [-0.2, -0.15) is 0 Å². The third-order valence-electron chi connectivity index (χ3n) is 3.07. The molecule has 4 heteroatoms. The van der Waals surface area contributed by atoms with E-state index in [1.807, 2.05) is 24.3 Å². The molecule has 0 bridgehead atoms. The second-order valence-corrected chi connectivity index (χ2v) is 4.48. The first-order valence-corrected chi connectivity index (χ1v) is 6.86. The minimum atomic E-state index is 0.234. The van der Waals surface area contributed by atoms with Crippen molar-refractivity contribution in [1.82, 2.24) is 5.32 Å². The summed E-state index contributed by atoms with van der Waals surface area (Å²) < 4.78 is 16.0. The monoisotopic (exact) mass is 279 g/mol. The second kappa shape index (κ2) is 9.39. The highest BCUT2D eigenvalue weighted by Crippen LogP contribution is 2.29. The molecule has 0 heterocycles. The molecule has 1 aromatic rings. The Balaban J connectivity index is 2.42. The lowest BCUT2D eigenvalue weighted by Crippen LogP contribution is -2.23. The van der Waals surface area contributed by atoms with Crippen LogP contribution in [0.4, 0.5) is 0 Å². The number of nitrogens with one attached hydrogen (secondary N) is 1. The van der Waals surface area contributed by atoms with Gasteiger partial charge >= 0.3 is 0 Å². The van der Waals surface area contributed by atoms with E-state index in [0.29, 0.717) is 6.61 Å². The predicted octanol–water partition coefficient (Wildman–Crippen LogP) is 2.95. The first-order valence-electron chi connectivity index (χ1n) is 6.86. The molecule has 0 saturated carbocycles. The van der Waals surface area contributed by atoms with E-state index in [-0.39, 0.29) is 6.04 Å². The Morgan fingerprint density at radius 1 is 1.20 bits per heavy atom. The van der Waals surface area contributed by atoms with Crippen LogP contribution in [0.3, 0.4) is 0 Å². The predicted molar refractivity (Wildman–Crippen MR) is 81.6 cm³/mol. The Morgan fingerprint density at radius 3 is 2.60 bits per heavy atom. The van der Waals surface area contributed by atoms with Crippen LogP contribution in [0.15, 0.2) is 30.9 Å². The molecule has 1 unspecified atom stereocenters. The maximum atomic E-state index is 5.46. The fourth-order valence-electron chi connectivity index (χ4n) is 1.86. The van der Waals surface area contributed by atoms with Crippen LogP contribution >= 0.6 is 0 Å². The normalized spacial score (nSPS) is 11.9. The molecule has 4 nitrogen and oxygen atoms in total. The highest BCUT2D eigenvalue weighted by atomic mass is 16.5. The summed E-state index contributed by atoms with van der Waals surface area (Å²) >= 11 is 0. The molecular weight excluding hydrogens is 254 g/mol. The van der Waals surface area contributed by atoms with Crippen molar-refractivity contribution >= 4 is 0 Å². The molecule has 0 aliphatic heterocycles. The van der Waals surface area contributed by atoms with Crippen LogP contribution in [0.2, 0.25) is 0 Å². The zero-order chi connectivity index (χ0) is 14.8. The standard InChI is InChI=1S/C16H25NO3/c1-5-6-10-20-11-9-17-13(2)14-7-8-15(18-3)16(12-14)19-4/h5,7-8,12-13,17H,1,6,9-11H2,2-4H3. The van der Waals surface area contributed by atoms with Crippen LogP contribution in [-0.2, 0) is 4.74 Å². The van der Waals surface area contributed by atoms with E-state index in [2.05, 4.69) is 18.8 Å². The van der Waals surface area contributed by atoms with Crippen LogP contribution in [-0.4, -0.2) is 34.0 Å². The number of hydrogen-bond acceptors (Lipinski definition) is 4. The lowest BCUT2D eigenvalue weighted by atomic mass is 10.1. The number of ether oxygens (including phenoxy) is 3. The van der Waals surface area contributed by atoms with Gasteiger partial charge in [-0.3, -0.25) is 0 Å². The Labute approximate surface area is 121 Å². The van der Waals surface area contributed by atoms with Gasteiger partial charge in [0.15, 0.2) is 11.5 Å². The Hall–Kier alpha value is -1.52. The van der Waals surface area contributed by atoms with Gasteiger partial charge in [-0.15, -0.1) is 6.58 Å². The second-order valence-electron chi connectivity index (χ2n) is 4.48. The lowest BCUT2D eigenvalue weighted by molar-refractivity contribution is 0.138. The van der Waals surface area contributed by atoms with Gasteiger partial charge in [0.05, 0.1) is 27.4 Å². The summed E-state index contributed by atoms with van der Waals surface area (Å²) in [4.78, 5) is 0. The van der Waals surface area contributed by atoms with Crippen molar-refractivity contribution < 1.29 is 14.2 Å². The molecule has 0 spiro atoms. The highest BCUT2D eigenvalue weighted by Gasteiger charge is 2.09. The van der Waals surface area contributed by atoms with Gasteiger partial charge in [-0.25, -0.2) is 0 Å². The van der Waals surface area contributed by atoms with Crippen LogP contribution in [0.25, 0.3) is 0 Å². The van der Waals surface area contributed by atoms with Crippen LogP contribution in [0.1, 0.15) is 24.9 Å². The number of rotatable bonds is 10. The van der Waals surface area contributed by atoms with Crippen LogP contribution in [0, 0.1) is 0 Å². The molecule has 1 atom stereocenters. The Morgan fingerprint density at radius 2 is 1.95 bits per heavy atom. The summed E-state index contributed by atoms with van der Waals surface area (Å²) in [5.41, 5.74) is 1.16. The van der Waals surface area contributed by atoms with E-state index >= 15 is 0 Å². The molecular formula is C16H25NO3. The summed E-state index contributed by atoms with van der Waals surface area (Å²) in [6, 6.07) is 6.19. The van der Waals surface area contributed by atoms with Gasteiger partial charge in [0.1, 0.15) is 0 Å².